The van der Waals surface area contributed by atoms with Crippen LogP contribution in [0, 0.1) is 6.92 Å². The van der Waals surface area contributed by atoms with Gasteiger partial charge in [-0.05, 0) is 25.8 Å². The molecular formula is C12H16O5S. The number of hydrogen-bond acceptors (Lipinski definition) is 4. The number of furan rings is 1. The number of carbonyl (C=O) groups is 1. The Kier molecular flexibility index (Phi) is 4.19. The molecule has 6 heteroatoms. The molecule has 5 nitrogen and oxygen atoms in total. The lowest BCUT2D eigenvalue weighted by Gasteiger charge is -2.07. The van der Waals surface area contributed by atoms with E-state index >= 15 is 0 Å². The van der Waals surface area contributed by atoms with Crippen LogP contribution in [0.2, 0.25) is 0 Å². The third kappa shape index (κ3) is 3.20. The summed E-state index contributed by atoms with van der Waals surface area (Å²) in [5.41, 5.74) is 0.138. The first-order valence-electron chi connectivity index (χ1n) is 5.85. The third-order valence-corrected chi connectivity index (χ3v) is 4.25. The Morgan fingerprint density at radius 3 is 2.94 bits per heavy atom. The van der Waals surface area contributed by atoms with Crippen LogP contribution < -0.4 is 0 Å². The normalized spacial score (nSPS) is 21.1. The lowest BCUT2D eigenvalue weighted by molar-refractivity contribution is 0.0695. The molecule has 0 radical (unpaired) electrons. The molecule has 0 aromatic carbocycles. The molecule has 1 fully saturated rings. The second-order valence-corrected chi connectivity index (χ2v) is 5.88. The molecule has 2 unspecified atom stereocenters. The first-order chi connectivity index (χ1) is 8.56. The van der Waals surface area contributed by atoms with Gasteiger partial charge in [-0.2, -0.15) is 0 Å². The van der Waals surface area contributed by atoms with Gasteiger partial charge in [-0.1, -0.05) is 0 Å². The molecule has 1 aromatic heterocycles. The van der Waals surface area contributed by atoms with Crippen LogP contribution in [0.4, 0.5) is 0 Å². The monoisotopic (exact) mass is 272 g/mol. The van der Waals surface area contributed by atoms with E-state index in [0.29, 0.717) is 17.3 Å². The maximum Gasteiger partial charge on any atom is 0.339 e. The van der Waals surface area contributed by atoms with Gasteiger partial charge in [0.15, 0.2) is 0 Å². The number of carboxylic acid groups (broad SMARTS) is 1. The highest BCUT2D eigenvalue weighted by atomic mass is 32.2. The van der Waals surface area contributed by atoms with Gasteiger partial charge in [0.2, 0.25) is 0 Å². The van der Waals surface area contributed by atoms with E-state index in [0.717, 1.165) is 19.4 Å². The summed E-state index contributed by atoms with van der Waals surface area (Å²) < 4.78 is 22.6. The zero-order valence-electron chi connectivity index (χ0n) is 10.2. The molecule has 0 spiro atoms. The van der Waals surface area contributed by atoms with Gasteiger partial charge >= 0.3 is 5.97 Å². The average molecular weight is 272 g/mol. The van der Waals surface area contributed by atoms with Crippen LogP contribution in [0.1, 0.15) is 34.7 Å². The van der Waals surface area contributed by atoms with E-state index in [2.05, 4.69) is 0 Å². The molecule has 1 N–H and O–H groups in total. The first kappa shape index (κ1) is 13.3. The van der Waals surface area contributed by atoms with E-state index in [-0.39, 0.29) is 17.4 Å². The Morgan fingerprint density at radius 1 is 1.61 bits per heavy atom. The molecule has 1 aliphatic rings. The maximum absolute atomic E-state index is 11.9. The van der Waals surface area contributed by atoms with Crippen LogP contribution >= 0.6 is 0 Å². The van der Waals surface area contributed by atoms with Crippen LogP contribution in [-0.4, -0.2) is 33.7 Å². The van der Waals surface area contributed by atoms with Crippen molar-refractivity contribution in [1.82, 2.24) is 0 Å². The number of aromatic carboxylic acids is 1. The van der Waals surface area contributed by atoms with Gasteiger partial charge in [0, 0.05) is 17.4 Å². The van der Waals surface area contributed by atoms with Gasteiger partial charge in [0.25, 0.3) is 0 Å². The number of hydrogen-bond donors (Lipinski definition) is 1. The Bertz CT molecular complexity index is 459. The van der Waals surface area contributed by atoms with E-state index < -0.39 is 16.8 Å². The lowest BCUT2D eigenvalue weighted by Crippen LogP contribution is -2.16. The Balaban J connectivity index is 1.94. The van der Waals surface area contributed by atoms with E-state index in [9.17, 15) is 9.00 Å². The molecule has 2 rings (SSSR count). The highest BCUT2D eigenvalue weighted by Gasteiger charge is 2.20. The van der Waals surface area contributed by atoms with Crippen molar-refractivity contribution in [2.75, 3.05) is 12.4 Å². The molecule has 1 saturated heterocycles. The van der Waals surface area contributed by atoms with Crippen molar-refractivity contribution in [2.45, 2.75) is 31.6 Å². The van der Waals surface area contributed by atoms with E-state index in [4.69, 9.17) is 14.3 Å². The first-order valence-corrected chi connectivity index (χ1v) is 7.34. The van der Waals surface area contributed by atoms with Crippen LogP contribution in [-0.2, 0) is 21.3 Å². The lowest BCUT2D eigenvalue weighted by atomic mass is 10.2. The van der Waals surface area contributed by atoms with Crippen LogP contribution in [0.5, 0.6) is 0 Å². The molecule has 2 heterocycles. The number of carboxylic acids is 1. The summed E-state index contributed by atoms with van der Waals surface area (Å²) in [6.45, 7) is 2.33. The topological polar surface area (TPSA) is 76.7 Å². The molecule has 0 bridgehead atoms. The molecule has 18 heavy (non-hydrogen) atoms. The second kappa shape index (κ2) is 5.67. The zero-order chi connectivity index (χ0) is 13.1. The smallest absolute Gasteiger partial charge is 0.339 e. The zero-order valence-corrected chi connectivity index (χ0v) is 11.0. The number of aryl methyl sites for hydroxylation is 1. The molecule has 100 valence electrons. The summed E-state index contributed by atoms with van der Waals surface area (Å²) in [4.78, 5) is 10.8. The van der Waals surface area contributed by atoms with Gasteiger partial charge in [0.05, 0.1) is 17.6 Å². The predicted molar refractivity (Wildman–Crippen MR) is 66.1 cm³/mol. The standard InChI is InChI=1S/C12H16O5S/c1-8-11(12(13)14)5-10(17-8)7-18(15)6-9-3-2-4-16-9/h5,9H,2-4,6-7H2,1H3,(H,13,14). The van der Waals surface area contributed by atoms with Crippen LogP contribution in [0.3, 0.4) is 0 Å². The quantitative estimate of drug-likeness (QED) is 0.883. The minimum atomic E-state index is -1.08. The Morgan fingerprint density at radius 2 is 2.39 bits per heavy atom. The molecule has 0 saturated carbocycles. The van der Waals surface area contributed by atoms with Crippen molar-refractivity contribution in [1.29, 1.82) is 0 Å². The molecule has 0 amide bonds. The van der Waals surface area contributed by atoms with Gasteiger partial charge in [-0.25, -0.2) is 4.79 Å². The third-order valence-electron chi connectivity index (χ3n) is 2.90. The summed E-state index contributed by atoms with van der Waals surface area (Å²) in [6.07, 6.45) is 2.04. The Hall–Kier alpha value is -1.14. The molecule has 2 atom stereocenters. The summed E-state index contributed by atoms with van der Waals surface area (Å²) >= 11 is 0. The summed E-state index contributed by atoms with van der Waals surface area (Å²) in [5, 5.41) is 8.89. The minimum absolute atomic E-state index is 0.0702. The van der Waals surface area contributed by atoms with Crippen molar-refractivity contribution in [3.05, 3.63) is 23.2 Å². The van der Waals surface area contributed by atoms with Gasteiger partial charge in [0.1, 0.15) is 17.1 Å². The fourth-order valence-corrected chi connectivity index (χ4v) is 3.28. The van der Waals surface area contributed by atoms with E-state index in [1.165, 1.54) is 6.07 Å². The Labute approximate surface area is 108 Å². The van der Waals surface area contributed by atoms with Crippen molar-refractivity contribution in [2.24, 2.45) is 0 Å². The van der Waals surface area contributed by atoms with Crippen LogP contribution in [0.15, 0.2) is 10.5 Å². The summed E-state index contributed by atoms with van der Waals surface area (Å²) in [5.74, 6) is 0.524. The average Bonchev–Trinajstić information content (AvgIpc) is 2.88. The largest absolute Gasteiger partial charge is 0.478 e. The SMILES string of the molecule is Cc1oc(CS(=O)CC2CCCO2)cc1C(=O)O. The predicted octanol–water partition coefficient (Wildman–Crippen LogP) is 1.71. The van der Waals surface area contributed by atoms with E-state index in [1.54, 1.807) is 6.92 Å². The second-order valence-electron chi connectivity index (χ2n) is 4.37. The highest BCUT2D eigenvalue weighted by Crippen LogP contribution is 2.18. The fraction of sp³-hybridized carbons (Fsp3) is 0.583. The van der Waals surface area contributed by atoms with E-state index in [1.807, 2.05) is 0 Å². The van der Waals surface area contributed by atoms with Crippen molar-refractivity contribution < 1.29 is 23.3 Å². The maximum atomic E-state index is 11.9. The fourth-order valence-electron chi connectivity index (χ4n) is 2.03. The van der Waals surface area contributed by atoms with Gasteiger partial charge in [-0.15, -0.1) is 0 Å². The molecular weight excluding hydrogens is 256 g/mol. The van der Waals surface area contributed by atoms with Crippen molar-refractivity contribution in [3.8, 4) is 0 Å². The van der Waals surface area contributed by atoms with Gasteiger partial charge in [-0.3, -0.25) is 4.21 Å². The summed E-state index contributed by atoms with van der Waals surface area (Å²) in [6, 6.07) is 1.45. The molecule has 1 aliphatic heterocycles. The van der Waals surface area contributed by atoms with Gasteiger partial charge < -0.3 is 14.3 Å². The molecule has 1 aromatic rings. The molecule has 0 aliphatic carbocycles. The van der Waals surface area contributed by atoms with Crippen LogP contribution in [0.25, 0.3) is 0 Å². The summed E-state index contributed by atoms with van der Waals surface area (Å²) in [7, 11) is -1.08. The van der Waals surface area contributed by atoms with Crippen molar-refractivity contribution >= 4 is 16.8 Å². The number of ether oxygens (including phenoxy) is 1. The minimum Gasteiger partial charge on any atom is -0.478 e. The number of rotatable bonds is 5. The van der Waals surface area contributed by atoms with Crippen molar-refractivity contribution in [3.63, 3.8) is 0 Å². The highest BCUT2D eigenvalue weighted by molar-refractivity contribution is 7.84.